The molecular weight excluding hydrogens is 259 g/mol. The number of aryl methyl sites for hydroxylation is 1. The second-order valence-electron chi connectivity index (χ2n) is 4.77. The number of fused-ring (bicyclic) bond motifs is 1. The number of carbonyl (C=O) groups is 1. The van der Waals surface area contributed by atoms with E-state index < -0.39 is 0 Å². The zero-order valence-electron chi connectivity index (χ0n) is 11.1. The van der Waals surface area contributed by atoms with Gasteiger partial charge in [0.1, 0.15) is 5.82 Å². The highest BCUT2D eigenvalue weighted by atomic mass is 19.1. The van der Waals surface area contributed by atoms with Gasteiger partial charge in [0.2, 0.25) is 0 Å². The molecule has 0 saturated heterocycles. The van der Waals surface area contributed by atoms with Gasteiger partial charge in [-0.2, -0.15) is 5.10 Å². The van der Waals surface area contributed by atoms with Crippen LogP contribution in [0.1, 0.15) is 23.0 Å². The van der Waals surface area contributed by atoms with Gasteiger partial charge in [-0.15, -0.1) is 0 Å². The standard InChI is InChI=1S/C14H15FN4O/c1-2-18-8-11(16)13(17-18)14(20)19-6-5-9-3-4-10(15)7-12(9)19/h3-4,7-8H,2,5-6,16H2,1H3. The molecule has 1 aromatic heterocycles. The molecule has 20 heavy (non-hydrogen) atoms. The number of hydrogen-bond donors (Lipinski definition) is 1. The van der Waals surface area contributed by atoms with E-state index in [0.29, 0.717) is 24.5 Å². The molecule has 1 aliphatic heterocycles. The quantitative estimate of drug-likeness (QED) is 0.908. The fraction of sp³-hybridized carbons (Fsp3) is 0.286. The monoisotopic (exact) mass is 274 g/mol. The lowest BCUT2D eigenvalue weighted by molar-refractivity contribution is 0.0984. The Kier molecular flexibility index (Phi) is 2.93. The summed E-state index contributed by atoms with van der Waals surface area (Å²) >= 11 is 0. The molecule has 5 nitrogen and oxygen atoms in total. The number of aromatic nitrogens is 2. The third kappa shape index (κ3) is 1.93. The summed E-state index contributed by atoms with van der Waals surface area (Å²) in [5.41, 5.74) is 7.98. The summed E-state index contributed by atoms with van der Waals surface area (Å²) in [6.07, 6.45) is 2.35. The van der Waals surface area contributed by atoms with Crippen LogP contribution < -0.4 is 10.6 Å². The van der Waals surface area contributed by atoms with Crippen LogP contribution in [-0.2, 0) is 13.0 Å². The first-order valence-electron chi connectivity index (χ1n) is 6.53. The number of nitrogen functional groups attached to an aromatic ring is 1. The van der Waals surface area contributed by atoms with E-state index in [4.69, 9.17) is 5.73 Å². The Bertz CT molecular complexity index is 680. The maximum Gasteiger partial charge on any atom is 0.280 e. The third-order valence-corrected chi connectivity index (χ3v) is 3.50. The summed E-state index contributed by atoms with van der Waals surface area (Å²) in [4.78, 5) is 14.1. The number of rotatable bonds is 2. The summed E-state index contributed by atoms with van der Waals surface area (Å²) < 4.78 is 15.0. The first kappa shape index (κ1) is 12.7. The molecule has 3 rings (SSSR count). The SMILES string of the molecule is CCn1cc(N)c(C(=O)N2CCc3ccc(F)cc32)n1. The van der Waals surface area contributed by atoms with Gasteiger partial charge in [-0.3, -0.25) is 9.48 Å². The molecule has 2 aromatic rings. The minimum atomic E-state index is -0.351. The van der Waals surface area contributed by atoms with E-state index in [-0.39, 0.29) is 17.4 Å². The van der Waals surface area contributed by atoms with Crippen molar-refractivity contribution >= 4 is 17.3 Å². The Hall–Kier alpha value is -2.37. The second kappa shape index (κ2) is 4.63. The molecule has 0 spiro atoms. The summed E-state index contributed by atoms with van der Waals surface area (Å²) in [6.45, 7) is 3.08. The molecule has 1 aromatic carbocycles. The average Bonchev–Trinajstić information content (AvgIpc) is 3.01. The van der Waals surface area contributed by atoms with Gasteiger partial charge in [0.05, 0.1) is 11.4 Å². The average molecular weight is 274 g/mol. The Morgan fingerprint density at radius 3 is 3.00 bits per heavy atom. The third-order valence-electron chi connectivity index (χ3n) is 3.50. The molecular formula is C14H15FN4O. The van der Waals surface area contributed by atoms with Gasteiger partial charge in [-0.1, -0.05) is 6.07 Å². The number of halogens is 1. The Morgan fingerprint density at radius 2 is 2.30 bits per heavy atom. The lowest BCUT2D eigenvalue weighted by Gasteiger charge is -2.16. The molecule has 2 heterocycles. The van der Waals surface area contributed by atoms with Gasteiger partial charge in [0.15, 0.2) is 5.69 Å². The summed E-state index contributed by atoms with van der Waals surface area (Å²) in [5.74, 6) is -0.630. The van der Waals surface area contributed by atoms with E-state index in [9.17, 15) is 9.18 Å². The Morgan fingerprint density at radius 1 is 1.50 bits per heavy atom. The zero-order chi connectivity index (χ0) is 14.3. The number of hydrogen-bond acceptors (Lipinski definition) is 3. The second-order valence-corrected chi connectivity index (χ2v) is 4.77. The number of anilines is 2. The first-order valence-corrected chi connectivity index (χ1v) is 6.53. The molecule has 0 radical (unpaired) electrons. The first-order chi connectivity index (χ1) is 9.60. The molecule has 2 N–H and O–H groups in total. The van der Waals surface area contributed by atoms with Crippen LogP contribution in [0.15, 0.2) is 24.4 Å². The smallest absolute Gasteiger partial charge is 0.280 e. The van der Waals surface area contributed by atoms with Gasteiger partial charge in [0.25, 0.3) is 5.91 Å². The number of amides is 1. The summed E-state index contributed by atoms with van der Waals surface area (Å²) in [5, 5.41) is 4.17. The van der Waals surface area contributed by atoms with E-state index in [1.54, 1.807) is 16.9 Å². The minimum absolute atomic E-state index is 0.226. The van der Waals surface area contributed by atoms with Crippen molar-refractivity contribution in [3.63, 3.8) is 0 Å². The highest BCUT2D eigenvalue weighted by Crippen LogP contribution is 2.30. The Labute approximate surface area is 115 Å². The molecule has 0 aliphatic carbocycles. The molecule has 0 saturated carbocycles. The van der Waals surface area contributed by atoms with Crippen molar-refractivity contribution < 1.29 is 9.18 Å². The number of benzene rings is 1. The van der Waals surface area contributed by atoms with Crippen molar-refractivity contribution in [3.8, 4) is 0 Å². The summed E-state index contributed by atoms with van der Waals surface area (Å²) in [6, 6.07) is 4.51. The van der Waals surface area contributed by atoms with Crippen molar-refractivity contribution in [2.45, 2.75) is 19.9 Å². The van der Waals surface area contributed by atoms with Gasteiger partial charge >= 0.3 is 0 Å². The van der Waals surface area contributed by atoms with Crippen LogP contribution in [0.2, 0.25) is 0 Å². The van der Waals surface area contributed by atoms with Gasteiger partial charge < -0.3 is 10.6 Å². The van der Waals surface area contributed by atoms with Crippen molar-refractivity contribution in [1.29, 1.82) is 0 Å². The van der Waals surface area contributed by atoms with E-state index in [2.05, 4.69) is 5.10 Å². The predicted molar refractivity (Wildman–Crippen MR) is 74.1 cm³/mol. The normalized spacial score (nSPS) is 13.6. The molecule has 1 aliphatic rings. The van der Waals surface area contributed by atoms with Crippen LogP contribution in [0.4, 0.5) is 15.8 Å². The molecule has 0 fully saturated rings. The van der Waals surface area contributed by atoms with Crippen LogP contribution in [0.25, 0.3) is 0 Å². The van der Waals surface area contributed by atoms with Gasteiger partial charge in [0, 0.05) is 19.3 Å². The Balaban J connectivity index is 1.97. The van der Waals surface area contributed by atoms with Crippen LogP contribution in [-0.4, -0.2) is 22.2 Å². The number of nitrogens with zero attached hydrogens (tertiary/aromatic N) is 3. The molecule has 6 heteroatoms. The van der Waals surface area contributed by atoms with Crippen LogP contribution >= 0.6 is 0 Å². The van der Waals surface area contributed by atoms with E-state index in [0.717, 1.165) is 12.0 Å². The topological polar surface area (TPSA) is 64.2 Å². The van der Waals surface area contributed by atoms with Gasteiger partial charge in [-0.05, 0) is 31.0 Å². The summed E-state index contributed by atoms with van der Waals surface area (Å²) in [7, 11) is 0. The highest BCUT2D eigenvalue weighted by molar-refractivity contribution is 6.08. The van der Waals surface area contributed by atoms with Crippen molar-refractivity contribution in [2.75, 3.05) is 17.2 Å². The molecule has 1 amide bonds. The van der Waals surface area contributed by atoms with Crippen LogP contribution in [0.3, 0.4) is 0 Å². The molecule has 0 bridgehead atoms. The molecule has 0 unspecified atom stereocenters. The van der Waals surface area contributed by atoms with Crippen LogP contribution in [0, 0.1) is 5.82 Å². The van der Waals surface area contributed by atoms with E-state index >= 15 is 0 Å². The fourth-order valence-corrected chi connectivity index (χ4v) is 2.46. The fourth-order valence-electron chi connectivity index (χ4n) is 2.46. The van der Waals surface area contributed by atoms with Crippen molar-refractivity contribution in [1.82, 2.24) is 9.78 Å². The maximum atomic E-state index is 13.4. The molecule has 104 valence electrons. The molecule has 0 atom stereocenters. The largest absolute Gasteiger partial charge is 0.396 e. The highest BCUT2D eigenvalue weighted by Gasteiger charge is 2.28. The lowest BCUT2D eigenvalue weighted by atomic mass is 10.1. The van der Waals surface area contributed by atoms with E-state index in [1.165, 1.54) is 17.0 Å². The van der Waals surface area contributed by atoms with Crippen LogP contribution in [0.5, 0.6) is 0 Å². The zero-order valence-corrected chi connectivity index (χ0v) is 11.1. The number of carbonyl (C=O) groups excluding carboxylic acids is 1. The van der Waals surface area contributed by atoms with E-state index in [1.807, 2.05) is 6.92 Å². The van der Waals surface area contributed by atoms with Crippen molar-refractivity contribution in [3.05, 3.63) is 41.5 Å². The minimum Gasteiger partial charge on any atom is -0.396 e. The van der Waals surface area contributed by atoms with Crippen molar-refractivity contribution in [2.24, 2.45) is 0 Å². The lowest BCUT2D eigenvalue weighted by Crippen LogP contribution is -2.30. The number of nitrogens with two attached hydrogens (primary N) is 1. The maximum absolute atomic E-state index is 13.4. The van der Waals surface area contributed by atoms with Gasteiger partial charge in [-0.25, -0.2) is 4.39 Å². The predicted octanol–water partition coefficient (Wildman–Crippen LogP) is 1.83.